The summed E-state index contributed by atoms with van der Waals surface area (Å²) in [6, 6.07) is 22.6. The molecule has 0 saturated carbocycles. The molecule has 0 spiro atoms. The molecule has 0 aliphatic heterocycles. The van der Waals surface area contributed by atoms with Crippen LogP contribution < -0.4 is 10.7 Å². The standard InChI is InChI=1S/C24H22N4O3/c1-16-14-19-22(23(25-16)24(30)27(2)31-3)20(29)15-21(26-17-10-6-4-7-11-17)28(19)18-12-8-5-9-13-18/h4-15,26H,1-3H3. The van der Waals surface area contributed by atoms with E-state index in [1.54, 1.807) is 6.92 Å². The first-order valence-corrected chi connectivity index (χ1v) is 9.76. The highest BCUT2D eigenvalue weighted by molar-refractivity contribution is 6.04. The summed E-state index contributed by atoms with van der Waals surface area (Å²) in [5.41, 5.74) is 2.63. The van der Waals surface area contributed by atoms with Crippen LogP contribution in [-0.2, 0) is 4.84 Å². The molecule has 7 nitrogen and oxygen atoms in total. The maximum absolute atomic E-state index is 13.2. The van der Waals surface area contributed by atoms with E-state index in [9.17, 15) is 9.59 Å². The van der Waals surface area contributed by atoms with E-state index in [1.165, 1.54) is 20.2 Å². The van der Waals surface area contributed by atoms with Crippen molar-refractivity contribution in [1.29, 1.82) is 0 Å². The lowest BCUT2D eigenvalue weighted by molar-refractivity contribution is -0.0759. The highest BCUT2D eigenvalue weighted by Gasteiger charge is 2.22. The van der Waals surface area contributed by atoms with E-state index in [2.05, 4.69) is 10.3 Å². The molecule has 2 aromatic carbocycles. The average Bonchev–Trinajstić information content (AvgIpc) is 2.78. The number of fused-ring (bicyclic) bond motifs is 1. The lowest BCUT2D eigenvalue weighted by atomic mass is 10.1. The molecule has 0 unspecified atom stereocenters. The minimum absolute atomic E-state index is 0.0558. The normalized spacial score (nSPS) is 10.8. The number of nitrogens with one attached hydrogen (secondary N) is 1. The number of aromatic nitrogens is 2. The van der Waals surface area contributed by atoms with Gasteiger partial charge in [-0.25, -0.2) is 10.0 Å². The Labute approximate surface area is 179 Å². The van der Waals surface area contributed by atoms with Crippen molar-refractivity contribution in [3.63, 3.8) is 0 Å². The van der Waals surface area contributed by atoms with Gasteiger partial charge < -0.3 is 5.32 Å². The lowest BCUT2D eigenvalue weighted by Crippen LogP contribution is -2.28. The highest BCUT2D eigenvalue weighted by Crippen LogP contribution is 2.27. The summed E-state index contributed by atoms with van der Waals surface area (Å²) < 4.78 is 1.92. The zero-order valence-corrected chi connectivity index (χ0v) is 17.5. The average molecular weight is 414 g/mol. The fourth-order valence-corrected chi connectivity index (χ4v) is 3.47. The molecule has 2 aromatic heterocycles. The molecule has 4 rings (SSSR count). The van der Waals surface area contributed by atoms with Gasteiger partial charge in [-0.15, -0.1) is 0 Å². The van der Waals surface area contributed by atoms with Gasteiger partial charge in [-0.2, -0.15) is 0 Å². The second-order valence-electron chi connectivity index (χ2n) is 7.05. The number of hydrogen-bond acceptors (Lipinski definition) is 5. The van der Waals surface area contributed by atoms with E-state index < -0.39 is 5.91 Å². The number of benzene rings is 2. The number of rotatable bonds is 5. The van der Waals surface area contributed by atoms with Gasteiger partial charge in [0, 0.05) is 30.2 Å². The second-order valence-corrected chi connectivity index (χ2v) is 7.05. The number of carbonyl (C=O) groups excluding carboxylic acids is 1. The van der Waals surface area contributed by atoms with Crippen molar-refractivity contribution < 1.29 is 9.63 Å². The van der Waals surface area contributed by atoms with E-state index in [1.807, 2.05) is 71.3 Å². The number of nitrogens with zero attached hydrogens (tertiary/aromatic N) is 3. The van der Waals surface area contributed by atoms with Crippen molar-refractivity contribution >= 4 is 28.3 Å². The van der Waals surface area contributed by atoms with Crippen molar-refractivity contribution in [1.82, 2.24) is 14.6 Å². The van der Waals surface area contributed by atoms with Crippen molar-refractivity contribution in [2.45, 2.75) is 6.92 Å². The van der Waals surface area contributed by atoms with Gasteiger partial charge >= 0.3 is 0 Å². The third kappa shape index (κ3) is 3.91. The van der Waals surface area contributed by atoms with Gasteiger partial charge in [0.05, 0.1) is 18.0 Å². The van der Waals surface area contributed by atoms with E-state index >= 15 is 0 Å². The molecule has 1 amide bonds. The van der Waals surface area contributed by atoms with Crippen LogP contribution in [0.4, 0.5) is 11.5 Å². The van der Waals surface area contributed by atoms with Crippen molar-refractivity contribution in [2.24, 2.45) is 0 Å². The smallest absolute Gasteiger partial charge is 0.296 e. The third-order valence-corrected chi connectivity index (χ3v) is 4.95. The molecule has 7 heteroatoms. The monoisotopic (exact) mass is 414 g/mol. The first-order valence-electron chi connectivity index (χ1n) is 9.76. The van der Waals surface area contributed by atoms with E-state index in [0.29, 0.717) is 17.0 Å². The number of para-hydroxylation sites is 2. The Morgan fingerprint density at radius 3 is 2.32 bits per heavy atom. The fraction of sp³-hybridized carbons (Fsp3) is 0.125. The molecule has 2 heterocycles. The number of hydroxylamine groups is 2. The lowest BCUT2D eigenvalue weighted by Gasteiger charge is -2.20. The summed E-state index contributed by atoms with van der Waals surface area (Å²) >= 11 is 0. The minimum Gasteiger partial charge on any atom is -0.341 e. The molecular weight excluding hydrogens is 392 g/mol. The zero-order valence-electron chi connectivity index (χ0n) is 17.5. The number of carbonyl (C=O) groups is 1. The quantitative estimate of drug-likeness (QED) is 0.498. The first kappa shape index (κ1) is 20.3. The Morgan fingerprint density at radius 1 is 1.03 bits per heavy atom. The maximum Gasteiger partial charge on any atom is 0.296 e. The van der Waals surface area contributed by atoms with E-state index in [0.717, 1.165) is 16.4 Å². The predicted molar refractivity (Wildman–Crippen MR) is 121 cm³/mol. The van der Waals surface area contributed by atoms with Gasteiger partial charge in [-0.1, -0.05) is 36.4 Å². The molecule has 31 heavy (non-hydrogen) atoms. The van der Waals surface area contributed by atoms with Crippen LogP contribution in [-0.4, -0.2) is 34.7 Å². The summed E-state index contributed by atoms with van der Waals surface area (Å²) in [5.74, 6) is 0.0932. The summed E-state index contributed by atoms with van der Waals surface area (Å²) in [6.45, 7) is 1.79. The summed E-state index contributed by atoms with van der Waals surface area (Å²) in [5, 5.41) is 4.63. The van der Waals surface area contributed by atoms with Crippen LogP contribution >= 0.6 is 0 Å². The molecule has 0 bridgehead atoms. The van der Waals surface area contributed by atoms with Gasteiger partial charge in [-0.05, 0) is 37.3 Å². The molecule has 0 saturated heterocycles. The molecule has 0 radical (unpaired) electrons. The molecule has 0 fully saturated rings. The van der Waals surface area contributed by atoms with E-state index in [4.69, 9.17) is 4.84 Å². The van der Waals surface area contributed by atoms with Crippen LogP contribution in [0.1, 0.15) is 16.2 Å². The summed E-state index contributed by atoms with van der Waals surface area (Å²) in [7, 11) is 2.87. The molecule has 0 aliphatic rings. The number of anilines is 2. The summed E-state index contributed by atoms with van der Waals surface area (Å²) in [4.78, 5) is 35.5. The van der Waals surface area contributed by atoms with Gasteiger partial charge in [0.25, 0.3) is 5.91 Å². The SMILES string of the molecule is CON(C)C(=O)c1nc(C)cc2c1c(=O)cc(Nc1ccccc1)n2-c1ccccc1. The van der Waals surface area contributed by atoms with Crippen LogP contribution in [0.25, 0.3) is 16.6 Å². The molecule has 4 aromatic rings. The van der Waals surface area contributed by atoms with Crippen LogP contribution in [0.5, 0.6) is 0 Å². The largest absolute Gasteiger partial charge is 0.341 e. The van der Waals surface area contributed by atoms with E-state index in [-0.39, 0.29) is 16.5 Å². The molecule has 1 N–H and O–H groups in total. The van der Waals surface area contributed by atoms with Crippen LogP contribution in [0.15, 0.2) is 77.6 Å². The Morgan fingerprint density at radius 2 is 1.68 bits per heavy atom. The van der Waals surface area contributed by atoms with Crippen LogP contribution in [0.2, 0.25) is 0 Å². The number of aryl methyl sites for hydroxylation is 1. The summed E-state index contributed by atoms with van der Waals surface area (Å²) in [6.07, 6.45) is 0. The molecule has 156 valence electrons. The number of pyridine rings is 2. The van der Waals surface area contributed by atoms with Gasteiger partial charge in [0.15, 0.2) is 5.43 Å². The maximum atomic E-state index is 13.2. The zero-order chi connectivity index (χ0) is 22.0. The van der Waals surface area contributed by atoms with Gasteiger partial charge in [0.2, 0.25) is 0 Å². The Kier molecular flexibility index (Phi) is 5.51. The van der Waals surface area contributed by atoms with Crippen LogP contribution in [0, 0.1) is 6.92 Å². The van der Waals surface area contributed by atoms with Gasteiger partial charge in [-0.3, -0.25) is 19.0 Å². The topological polar surface area (TPSA) is 76.5 Å². The van der Waals surface area contributed by atoms with Crippen molar-refractivity contribution in [3.8, 4) is 5.69 Å². The fourth-order valence-electron chi connectivity index (χ4n) is 3.47. The number of amides is 1. The van der Waals surface area contributed by atoms with Crippen molar-refractivity contribution in [3.05, 3.63) is 94.4 Å². The second kappa shape index (κ2) is 8.41. The van der Waals surface area contributed by atoms with Crippen LogP contribution in [0.3, 0.4) is 0 Å². The van der Waals surface area contributed by atoms with Crippen molar-refractivity contribution in [2.75, 3.05) is 19.5 Å². The van der Waals surface area contributed by atoms with Gasteiger partial charge in [0.1, 0.15) is 11.5 Å². The Balaban J connectivity index is 2.06. The molecule has 0 atom stereocenters. The predicted octanol–water partition coefficient (Wildman–Crippen LogP) is 4.07. The molecule has 0 aliphatic carbocycles. The first-order chi connectivity index (χ1) is 15.0. The minimum atomic E-state index is -0.489. The highest BCUT2D eigenvalue weighted by atomic mass is 16.7. The number of hydrogen-bond donors (Lipinski definition) is 1. The Hall–Kier alpha value is -3.97. The molecular formula is C24H22N4O3. The Bertz CT molecular complexity index is 1300. The third-order valence-electron chi connectivity index (χ3n) is 4.95.